The van der Waals surface area contributed by atoms with Crippen LogP contribution in [0.25, 0.3) is 6.08 Å². The number of nitrogens with one attached hydrogen (secondary N) is 1. The Hall–Kier alpha value is -2.10. The number of carbonyl (C=O) groups excluding carboxylic acids is 1. The van der Waals surface area contributed by atoms with Crippen LogP contribution >= 0.6 is 0 Å². The van der Waals surface area contributed by atoms with Crippen molar-refractivity contribution in [2.45, 2.75) is 26.7 Å². The summed E-state index contributed by atoms with van der Waals surface area (Å²) in [6.45, 7) is 4.06. The molecule has 108 valence electrons. The van der Waals surface area contributed by atoms with Crippen molar-refractivity contribution in [3.63, 3.8) is 0 Å². The molecule has 0 bridgehead atoms. The third-order valence-electron chi connectivity index (χ3n) is 3.11. The molecule has 0 aliphatic carbocycles. The lowest BCUT2D eigenvalue weighted by molar-refractivity contribution is -0.141. The van der Waals surface area contributed by atoms with E-state index >= 15 is 0 Å². The Kier molecular flexibility index (Phi) is 6.50. The Morgan fingerprint density at radius 3 is 2.65 bits per heavy atom. The molecule has 0 radical (unpaired) electrons. The number of rotatable bonds is 7. The summed E-state index contributed by atoms with van der Waals surface area (Å²) in [5.41, 5.74) is 2.07. The fourth-order valence-corrected chi connectivity index (χ4v) is 1.88. The first-order valence-corrected chi connectivity index (χ1v) is 6.79. The minimum absolute atomic E-state index is 0.167. The third kappa shape index (κ3) is 5.26. The molecule has 0 saturated heterocycles. The van der Waals surface area contributed by atoms with Crippen molar-refractivity contribution >= 4 is 18.0 Å². The molecule has 1 aromatic rings. The Morgan fingerprint density at radius 1 is 1.35 bits per heavy atom. The predicted molar refractivity (Wildman–Crippen MR) is 79.3 cm³/mol. The van der Waals surface area contributed by atoms with Gasteiger partial charge in [-0.2, -0.15) is 0 Å². The number of amides is 1. The van der Waals surface area contributed by atoms with E-state index in [-0.39, 0.29) is 12.5 Å². The van der Waals surface area contributed by atoms with Gasteiger partial charge in [-0.15, -0.1) is 0 Å². The second-order valence-electron chi connectivity index (χ2n) is 4.76. The van der Waals surface area contributed by atoms with Gasteiger partial charge in [0.15, 0.2) is 0 Å². The number of aliphatic carboxylic acids is 1. The molecule has 1 atom stereocenters. The zero-order valence-corrected chi connectivity index (χ0v) is 11.9. The molecule has 0 spiro atoms. The first kappa shape index (κ1) is 16.0. The predicted octanol–water partition coefficient (Wildman–Crippen LogP) is 2.63. The fraction of sp³-hybridized carbons (Fsp3) is 0.375. The van der Waals surface area contributed by atoms with Crippen molar-refractivity contribution in [3.8, 4) is 0 Å². The topological polar surface area (TPSA) is 66.4 Å². The highest BCUT2D eigenvalue weighted by atomic mass is 16.4. The molecule has 0 fully saturated rings. The molecule has 0 aliphatic heterocycles. The average Bonchev–Trinajstić information content (AvgIpc) is 2.42. The summed E-state index contributed by atoms with van der Waals surface area (Å²) in [6.07, 6.45) is 4.52. The van der Waals surface area contributed by atoms with Gasteiger partial charge in [-0.05, 0) is 30.5 Å². The summed E-state index contributed by atoms with van der Waals surface area (Å²) in [5, 5.41) is 11.6. The minimum Gasteiger partial charge on any atom is -0.481 e. The van der Waals surface area contributed by atoms with Gasteiger partial charge in [0.05, 0.1) is 5.92 Å². The highest BCUT2D eigenvalue weighted by molar-refractivity contribution is 5.92. The van der Waals surface area contributed by atoms with E-state index in [1.165, 1.54) is 6.08 Å². The fourth-order valence-electron chi connectivity index (χ4n) is 1.88. The van der Waals surface area contributed by atoms with Crippen LogP contribution in [-0.4, -0.2) is 23.5 Å². The van der Waals surface area contributed by atoms with Crippen LogP contribution in [0.5, 0.6) is 0 Å². The van der Waals surface area contributed by atoms with Crippen LogP contribution in [-0.2, 0) is 9.59 Å². The molecular formula is C16H21NO3. The second kappa shape index (κ2) is 8.15. The van der Waals surface area contributed by atoms with Gasteiger partial charge < -0.3 is 10.4 Å². The van der Waals surface area contributed by atoms with Crippen molar-refractivity contribution < 1.29 is 14.7 Å². The van der Waals surface area contributed by atoms with Crippen LogP contribution in [0, 0.1) is 12.8 Å². The van der Waals surface area contributed by atoms with E-state index in [1.54, 1.807) is 6.08 Å². The molecule has 1 aromatic carbocycles. The van der Waals surface area contributed by atoms with Gasteiger partial charge >= 0.3 is 5.97 Å². The maximum absolute atomic E-state index is 11.7. The van der Waals surface area contributed by atoms with E-state index in [2.05, 4.69) is 5.32 Å². The monoisotopic (exact) mass is 275 g/mol. The minimum atomic E-state index is -0.866. The molecule has 0 aromatic heterocycles. The van der Waals surface area contributed by atoms with Gasteiger partial charge in [-0.3, -0.25) is 9.59 Å². The summed E-state index contributed by atoms with van der Waals surface area (Å²) in [6, 6.07) is 7.75. The van der Waals surface area contributed by atoms with E-state index in [1.807, 2.05) is 38.1 Å². The maximum Gasteiger partial charge on any atom is 0.308 e. The van der Waals surface area contributed by atoms with Crippen molar-refractivity contribution in [2.75, 3.05) is 6.54 Å². The molecule has 2 N–H and O–H groups in total. The zero-order chi connectivity index (χ0) is 15.0. The van der Waals surface area contributed by atoms with E-state index in [9.17, 15) is 9.59 Å². The third-order valence-corrected chi connectivity index (χ3v) is 3.11. The van der Waals surface area contributed by atoms with Crippen LogP contribution in [0.4, 0.5) is 0 Å². The van der Waals surface area contributed by atoms with E-state index in [0.717, 1.165) is 17.5 Å². The standard InChI is InChI=1S/C16H21NO3/c1-3-6-14(16(19)20)11-17-15(18)10-9-13-8-5-4-7-12(13)2/h4-5,7-10,14H,3,6,11H2,1-2H3,(H,17,18)(H,19,20). The molecule has 0 aliphatic rings. The Morgan fingerprint density at radius 2 is 2.05 bits per heavy atom. The van der Waals surface area contributed by atoms with Gasteiger partial charge in [0.25, 0.3) is 0 Å². The largest absolute Gasteiger partial charge is 0.481 e. The number of hydrogen-bond acceptors (Lipinski definition) is 2. The van der Waals surface area contributed by atoms with Crippen molar-refractivity contribution in [3.05, 3.63) is 41.5 Å². The number of benzene rings is 1. The number of carbonyl (C=O) groups is 2. The molecule has 4 heteroatoms. The SMILES string of the molecule is CCCC(CNC(=O)C=Cc1ccccc1C)C(=O)O. The first-order chi connectivity index (χ1) is 9.54. The Balaban J connectivity index is 2.51. The van der Waals surface area contributed by atoms with Crippen LogP contribution in [0.1, 0.15) is 30.9 Å². The lowest BCUT2D eigenvalue weighted by Gasteiger charge is -2.11. The molecule has 1 rings (SSSR count). The van der Waals surface area contributed by atoms with Gasteiger partial charge in [0, 0.05) is 12.6 Å². The first-order valence-electron chi connectivity index (χ1n) is 6.79. The summed E-state index contributed by atoms with van der Waals surface area (Å²) in [5.74, 6) is -1.65. The normalized spacial score (nSPS) is 12.3. The maximum atomic E-state index is 11.7. The number of aryl methyl sites for hydroxylation is 1. The van der Waals surface area contributed by atoms with Crippen molar-refractivity contribution in [1.29, 1.82) is 0 Å². The van der Waals surface area contributed by atoms with Gasteiger partial charge in [0.1, 0.15) is 0 Å². The molecule has 1 unspecified atom stereocenters. The molecule has 0 saturated carbocycles. The average molecular weight is 275 g/mol. The lowest BCUT2D eigenvalue weighted by Crippen LogP contribution is -2.31. The number of carboxylic acid groups (broad SMARTS) is 1. The highest BCUT2D eigenvalue weighted by Gasteiger charge is 2.16. The summed E-state index contributed by atoms with van der Waals surface area (Å²) in [4.78, 5) is 22.6. The lowest BCUT2D eigenvalue weighted by atomic mass is 10.0. The summed E-state index contributed by atoms with van der Waals surface area (Å²) in [7, 11) is 0. The Labute approximate surface area is 119 Å². The number of hydrogen-bond donors (Lipinski definition) is 2. The van der Waals surface area contributed by atoms with Gasteiger partial charge in [-0.25, -0.2) is 0 Å². The van der Waals surface area contributed by atoms with E-state index in [4.69, 9.17) is 5.11 Å². The quantitative estimate of drug-likeness (QED) is 0.752. The van der Waals surface area contributed by atoms with Crippen LogP contribution in [0.15, 0.2) is 30.3 Å². The molecule has 20 heavy (non-hydrogen) atoms. The molecular weight excluding hydrogens is 254 g/mol. The van der Waals surface area contributed by atoms with Crippen molar-refractivity contribution in [1.82, 2.24) is 5.32 Å². The smallest absolute Gasteiger partial charge is 0.308 e. The molecule has 0 heterocycles. The Bertz CT molecular complexity index is 494. The highest BCUT2D eigenvalue weighted by Crippen LogP contribution is 2.09. The number of carboxylic acids is 1. The molecule has 1 amide bonds. The van der Waals surface area contributed by atoms with E-state index < -0.39 is 11.9 Å². The zero-order valence-electron chi connectivity index (χ0n) is 11.9. The van der Waals surface area contributed by atoms with E-state index in [0.29, 0.717) is 6.42 Å². The van der Waals surface area contributed by atoms with Crippen LogP contribution in [0.2, 0.25) is 0 Å². The van der Waals surface area contributed by atoms with Crippen LogP contribution < -0.4 is 5.32 Å². The van der Waals surface area contributed by atoms with Crippen LogP contribution in [0.3, 0.4) is 0 Å². The summed E-state index contributed by atoms with van der Waals surface area (Å²) < 4.78 is 0. The van der Waals surface area contributed by atoms with Crippen molar-refractivity contribution in [2.24, 2.45) is 5.92 Å². The molecule has 4 nitrogen and oxygen atoms in total. The van der Waals surface area contributed by atoms with Gasteiger partial charge in [-0.1, -0.05) is 37.6 Å². The summed E-state index contributed by atoms with van der Waals surface area (Å²) >= 11 is 0. The van der Waals surface area contributed by atoms with Gasteiger partial charge in [0.2, 0.25) is 5.91 Å². The second-order valence-corrected chi connectivity index (χ2v) is 4.76.